The predicted octanol–water partition coefficient (Wildman–Crippen LogP) is 3.38. The van der Waals surface area contributed by atoms with Gasteiger partial charge in [0, 0.05) is 18.2 Å². The third-order valence-corrected chi connectivity index (χ3v) is 6.10. The largest absolute Gasteiger partial charge is 0.463 e. The van der Waals surface area contributed by atoms with Crippen LogP contribution in [0, 0.1) is 16.7 Å². The topological polar surface area (TPSA) is 148 Å². The Labute approximate surface area is 237 Å². The molecular formula is C28H48N2O10. The van der Waals surface area contributed by atoms with E-state index in [0.717, 1.165) is 12.8 Å². The minimum Gasteiger partial charge on any atom is -0.463 e. The van der Waals surface area contributed by atoms with E-state index in [1.807, 2.05) is 0 Å². The van der Waals surface area contributed by atoms with Gasteiger partial charge in [-0.3, -0.25) is 4.79 Å². The van der Waals surface area contributed by atoms with E-state index >= 15 is 0 Å². The zero-order valence-corrected chi connectivity index (χ0v) is 24.9. The van der Waals surface area contributed by atoms with Crippen LogP contribution >= 0.6 is 0 Å². The predicted molar refractivity (Wildman–Crippen MR) is 147 cm³/mol. The molecule has 1 fully saturated rings. The van der Waals surface area contributed by atoms with Gasteiger partial charge in [-0.2, -0.15) is 0 Å². The highest BCUT2D eigenvalue weighted by atomic mass is 16.6. The minimum atomic E-state index is -0.544. The van der Waals surface area contributed by atoms with Crippen LogP contribution in [0.3, 0.4) is 0 Å². The quantitative estimate of drug-likeness (QED) is 0.115. The SMILES string of the molecule is C=C(C)C(=O)OCCOCCOC(=O)NC1CC(C)(C)CC(C)(CNC(=O)OCCOCCOC(=O)C(C)C)C1. The molecule has 0 aliphatic heterocycles. The molecule has 0 spiro atoms. The summed E-state index contributed by atoms with van der Waals surface area (Å²) in [5.41, 5.74) is -0.00746. The molecule has 40 heavy (non-hydrogen) atoms. The van der Waals surface area contributed by atoms with Gasteiger partial charge in [-0.1, -0.05) is 41.2 Å². The third kappa shape index (κ3) is 15.7. The number of hydrogen-bond donors (Lipinski definition) is 2. The molecule has 0 aromatic carbocycles. The summed E-state index contributed by atoms with van der Waals surface area (Å²) in [6.07, 6.45) is 1.21. The first-order chi connectivity index (χ1) is 18.7. The first-order valence-electron chi connectivity index (χ1n) is 13.7. The summed E-state index contributed by atoms with van der Waals surface area (Å²) in [6.45, 7) is 16.5. The summed E-state index contributed by atoms with van der Waals surface area (Å²) < 4.78 is 30.9. The molecule has 0 bridgehead atoms. The van der Waals surface area contributed by atoms with Gasteiger partial charge in [0.1, 0.15) is 26.4 Å². The zero-order chi connectivity index (χ0) is 30.2. The standard InChI is InChI=1S/C28H48N2O10/c1-20(2)23(31)37-12-8-35-10-14-39-25(33)29-19-28(7)17-22(16-27(5,6)18-28)30-26(34)40-15-11-36-9-13-38-24(32)21(3)4/h20,22H,3,8-19H2,1-2,4-7H3,(H,29,33)(H,30,34). The van der Waals surface area contributed by atoms with Gasteiger partial charge < -0.3 is 39.1 Å². The highest BCUT2D eigenvalue weighted by Gasteiger charge is 2.42. The van der Waals surface area contributed by atoms with Crippen LogP contribution < -0.4 is 10.6 Å². The number of carbonyl (C=O) groups excluding carboxylic acids is 4. The number of nitrogens with one attached hydrogen (secondary N) is 2. The molecule has 0 radical (unpaired) electrons. The molecule has 0 saturated heterocycles. The van der Waals surface area contributed by atoms with E-state index in [1.54, 1.807) is 20.8 Å². The third-order valence-electron chi connectivity index (χ3n) is 6.10. The lowest BCUT2D eigenvalue weighted by Gasteiger charge is -2.46. The molecule has 1 aliphatic rings. The van der Waals surface area contributed by atoms with Crippen molar-refractivity contribution in [1.82, 2.24) is 10.6 Å². The molecule has 1 rings (SSSR count). The van der Waals surface area contributed by atoms with Gasteiger partial charge >= 0.3 is 24.1 Å². The Hall–Kier alpha value is -2.86. The van der Waals surface area contributed by atoms with Gasteiger partial charge in [0.05, 0.1) is 32.3 Å². The maximum absolute atomic E-state index is 12.3. The average Bonchev–Trinajstić information content (AvgIpc) is 2.84. The van der Waals surface area contributed by atoms with Crippen LogP contribution in [-0.4, -0.2) is 89.6 Å². The highest BCUT2D eigenvalue weighted by molar-refractivity contribution is 5.86. The summed E-state index contributed by atoms with van der Waals surface area (Å²) in [6, 6.07) is -0.125. The van der Waals surface area contributed by atoms with Crippen molar-refractivity contribution in [3.63, 3.8) is 0 Å². The molecule has 1 saturated carbocycles. The average molecular weight is 573 g/mol. The van der Waals surface area contributed by atoms with Crippen molar-refractivity contribution >= 4 is 24.1 Å². The molecule has 1 aliphatic carbocycles. The first kappa shape index (κ1) is 35.2. The van der Waals surface area contributed by atoms with Crippen LogP contribution in [0.15, 0.2) is 12.2 Å². The maximum atomic E-state index is 12.3. The molecule has 0 heterocycles. The van der Waals surface area contributed by atoms with Crippen molar-refractivity contribution in [2.24, 2.45) is 16.7 Å². The van der Waals surface area contributed by atoms with Crippen molar-refractivity contribution in [3.8, 4) is 0 Å². The summed E-state index contributed by atoms with van der Waals surface area (Å²) in [4.78, 5) is 47.2. The van der Waals surface area contributed by atoms with Crippen molar-refractivity contribution in [3.05, 3.63) is 12.2 Å². The van der Waals surface area contributed by atoms with Gasteiger partial charge in [0.25, 0.3) is 0 Å². The molecule has 12 nitrogen and oxygen atoms in total. The number of carbonyl (C=O) groups is 4. The van der Waals surface area contributed by atoms with E-state index in [9.17, 15) is 19.2 Å². The fraction of sp³-hybridized carbons (Fsp3) is 0.786. The number of ether oxygens (including phenoxy) is 6. The fourth-order valence-electron chi connectivity index (χ4n) is 4.69. The Morgan fingerprint density at radius 2 is 1.32 bits per heavy atom. The Morgan fingerprint density at radius 1 is 0.800 bits per heavy atom. The second kappa shape index (κ2) is 17.8. The van der Waals surface area contributed by atoms with Crippen molar-refractivity contribution < 1.29 is 47.6 Å². The summed E-state index contributed by atoms with van der Waals surface area (Å²) in [5, 5.41) is 5.75. The molecule has 0 aromatic rings. The van der Waals surface area contributed by atoms with Crippen LogP contribution in [0.25, 0.3) is 0 Å². The number of rotatable bonds is 17. The van der Waals surface area contributed by atoms with E-state index < -0.39 is 18.2 Å². The van der Waals surface area contributed by atoms with Crippen LogP contribution in [-0.2, 0) is 38.0 Å². The van der Waals surface area contributed by atoms with Crippen molar-refractivity contribution in [2.75, 3.05) is 59.4 Å². The van der Waals surface area contributed by atoms with Gasteiger partial charge in [-0.25, -0.2) is 14.4 Å². The molecular weight excluding hydrogens is 524 g/mol. The second-order valence-electron chi connectivity index (χ2n) is 11.5. The maximum Gasteiger partial charge on any atom is 0.407 e. The molecule has 230 valence electrons. The number of alkyl carbamates (subject to hydrolysis) is 2. The molecule has 0 aromatic heterocycles. The van der Waals surface area contributed by atoms with Gasteiger partial charge in [-0.15, -0.1) is 0 Å². The van der Waals surface area contributed by atoms with Gasteiger partial charge in [0.15, 0.2) is 0 Å². The lowest BCUT2D eigenvalue weighted by molar-refractivity contribution is -0.149. The van der Waals surface area contributed by atoms with E-state index in [2.05, 4.69) is 38.0 Å². The monoisotopic (exact) mass is 572 g/mol. The molecule has 2 amide bonds. The van der Waals surface area contributed by atoms with Crippen molar-refractivity contribution in [1.29, 1.82) is 0 Å². The van der Waals surface area contributed by atoms with Gasteiger partial charge in [-0.05, 0) is 37.0 Å². The molecule has 2 N–H and O–H groups in total. The summed E-state index contributed by atoms with van der Waals surface area (Å²) in [7, 11) is 0. The van der Waals surface area contributed by atoms with E-state index in [-0.39, 0.29) is 81.6 Å². The Bertz CT molecular complexity index is 845. The van der Waals surface area contributed by atoms with Gasteiger partial charge in [0.2, 0.25) is 0 Å². The lowest BCUT2D eigenvalue weighted by atomic mass is 9.62. The summed E-state index contributed by atoms with van der Waals surface area (Å²) in [5.74, 6) is -0.944. The Kier molecular flexibility index (Phi) is 15.6. The number of hydrogen-bond acceptors (Lipinski definition) is 10. The summed E-state index contributed by atoms with van der Waals surface area (Å²) >= 11 is 0. The number of amides is 2. The smallest absolute Gasteiger partial charge is 0.407 e. The highest BCUT2D eigenvalue weighted by Crippen LogP contribution is 2.45. The Balaban J connectivity index is 2.29. The van der Waals surface area contributed by atoms with Crippen molar-refractivity contribution in [2.45, 2.75) is 66.8 Å². The molecule has 2 atom stereocenters. The zero-order valence-electron chi connectivity index (χ0n) is 24.9. The normalized spacial score (nSPS) is 19.8. The number of esters is 2. The fourth-order valence-corrected chi connectivity index (χ4v) is 4.69. The van der Waals surface area contributed by atoms with Crippen LogP contribution in [0.1, 0.15) is 60.8 Å². The minimum absolute atomic E-state index is 0.0618. The van der Waals surface area contributed by atoms with E-state index in [0.29, 0.717) is 18.5 Å². The Morgan fingerprint density at radius 3 is 1.88 bits per heavy atom. The first-order valence-corrected chi connectivity index (χ1v) is 13.7. The van der Waals surface area contributed by atoms with E-state index in [1.165, 1.54) is 0 Å². The van der Waals surface area contributed by atoms with Crippen LogP contribution in [0.5, 0.6) is 0 Å². The lowest BCUT2D eigenvalue weighted by Crippen LogP contribution is -2.50. The molecule has 2 unspecified atom stereocenters. The van der Waals surface area contributed by atoms with Crippen LogP contribution in [0.2, 0.25) is 0 Å². The molecule has 12 heteroatoms. The van der Waals surface area contributed by atoms with E-state index in [4.69, 9.17) is 28.4 Å². The van der Waals surface area contributed by atoms with Crippen LogP contribution in [0.4, 0.5) is 9.59 Å². The second-order valence-corrected chi connectivity index (χ2v) is 11.5.